The predicted octanol–water partition coefficient (Wildman–Crippen LogP) is -0.342. The van der Waals surface area contributed by atoms with Gasteiger partial charge >= 0.3 is 11.7 Å². The second kappa shape index (κ2) is 3.46. The van der Waals surface area contributed by atoms with Crippen LogP contribution in [0.25, 0.3) is 0 Å². The summed E-state index contributed by atoms with van der Waals surface area (Å²) in [5.41, 5.74) is -0.618. The highest BCUT2D eigenvalue weighted by Gasteiger charge is 2.53. The molecule has 0 bridgehead atoms. The van der Waals surface area contributed by atoms with Crippen LogP contribution in [0, 0.1) is 0 Å². The Bertz CT molecular complexity index is 304. The second-order valence-corrected chi connectivity index (χ2v) is 4.30. The van der Waals surface area contributed by atoms with Crippen molar-refractivity contribution in [2.75, 3.05) is 6.61 Å². The van der Waals surface area contributed by atoms with Crippen molar-refractivity contribution in [1.29, 1.82) is 0 Å². The lowest BCUT2D eigenvalue weighted by Gasteiger charge is -2.28. The first-order valence-corrected chi connectivity index (χ1v) is 4.72. The molecule has 0 spiro atoms. The lowest BCUT2D eigenvalue weighted by Crippen LogP contribution is -2.51. The molecule has 6 heteroatoms. The Kier molecular flexibility index (Phi) is 2.75. The Morgan fingerprint density at radius 3 is 2.33 bits per heavy atom. The van der Waals surface area contributed by atoms with Crippen LogP contribution >= 0.6 is 0 Å². The van der Waals surface area contributed by atoms with Crippen LogP contribution in [0.3, 0.4) is 0 Å². The molecular weight excluding hydrogens is 200 g/mol. The molecule has 0 saturated carbocycles. The number of ether oxygens (including phenoxy) is 1. The molecule has 1 aliphatic heterocycles. The van der Waals surface area contributed by atoms with Crippen LogP contribution in [-0.4, -0.2) is 45.0 Å². The second-order valence-electron chi connectivity index (χ2n) is 4.30. The summed E-state index contributed by atoms with van der Waals surface area (Å²) in [6, 6.07) is 0. The average Bonchev–Trinajstić information content (AvgIpc) is 2.28. The maximum atomic E-state index is 11.6. The van der Waals surface area contributed by atoms with Gasteiger partial charge in [-0.25, -0.2) is 5.01 Å². The highest BCUT2D eigenvalue weighted by molar-refractivity contribution is 6.10. The lowest BCUT2D eigenvalue weighted by molar-refractivity contribution is -0.174. The van der Waals surface area contributed by atoms with Gasteiger partial charge in [0.05, 0.1) is 12.1 Å². The normalized spacial score (nSPS) is 20.5. The fraction of sp³-hybridized carbons (Fsp3) is 0.778. The van der Waals surface area contributed by atoms with E-state index in [0.29, 0.717) is 0 Å². The summed E-state index contributed by atoms with van der Waals surface area (Å²) in [5, 5.41) is 23.8. The summed E-state index contributed by atoms with van der Waals surface area (Å²) in [5.74, 6) is -3.90. The van der Waals surface area contributed by atoms with E-state index in [1.807, 2.05) is 0 Å². The lowest BCUT2D eigenvalue weighted by atomic mass is 10.1. The summed E-state index contributed by atoms with van der Waals surface area (Å²) in [6.07, 6.45) is 0. The number of aliphatic hydroxyl groups is 2. The molecule has 1 aliphatic rings. The van der Waals surface area contributed by atoms with Gasteiger partial charge in [-0.15, -0.1) is 5.10 Å². The highest BCUT2D eigenvalue weighted by Crippen LogP contribution is 2.26. The summed E-state index contributed by atoms with van der Waals surface area (Å²) in [7, 11) is 0. The van der Waals surface area contributed by atoms with Gasteiger partial charge in [-0.1, -0.05) is 0 Å². The number of carbonyl (C=O) groups is 1. The van der Waals surface area contributed by atoms with E-state index in [2.05, 4.69) is 5.10 Å². The monoisotopic (exact) mass is 216 g/mol. The highest BCUT2D eigenvalue weighted by atomic mass is 16.6. The molecule has 0 radical (unpaired) electrons. The Hall–Kier alpha value is -1.14. The topological polar surface area (TPSA) is 82.4 Å². The Morgan fingerprint density at radius 1 is 1.47 bits per heavy atom. The van der Waals surface area contributed by atoms with Gasteiger partial charge in [0.25, 0.3) is 5.90 Å². The smallest absolute Gasteiger partial charge is 0.327 e. The van der Waals surface area contributed by atoms with Gasteiger partial charge in [0, 0.05) is 0 Å². The quantitative estimate of drug-likeness (QED) is 0.587. The molecule has 1 rings (SSSR count). The molecule has 1 heterocycles. The van der Waals surface area contributed by atoms with Crippen molar-refractivity contribution in [3.63, 3.8) is 0 Å². The molecular formula is C9H16N2O4. The molecule has 1 amide bonds. The molecule has 0 aromatic heterocycles. The Morgan fingerprint density at radius 2 is 2.00 bits per heavy atom. The number of amides is 1. The van der Waals surface area contributed by atoms with Gasteiger partial charge in [-0.3, -0.25) is 4.79 Å². The number of carbonyl (C=O) groups excluding carboxylic acids is 1. The third-order valence-electron chi connectivity index (χ3n) is 1.90. The van der Waals surface area contributed by atoms with E-state index >= 15 is 0 Å². The summed E-state index contributed by atoms with van der Waals surface area (Å²) in [6.45, 7) is 7.09. The fourth-order valence-electron chi connectivity index (χ4n) is 1.17. The first-order valence-electron chi connectivity index (χ1n) is 4.72. The molecule has 0 aromatic rings. The molecule has 0 fully saturated rings. The van der Waals surface area contributed by atoms with Crippen LogP contribution in [0.4, 0.5) is 0 Å². The van der Waals surface area contributed by atoms with Gasteiger partial charge in [-0.05, 0) is 27.7 Å². The summed E-state index contributed by atoms with van der Waals surface area (Å²) in [4.78, 5) is 11.6. The average molecular weight is 216 g/mol. The predicted molar refractivity (Wildman–Crippen MR) is 52.8 cm³/mol. The van der Waals surface area contributed by atoms with Gasteiger partial charge < -0.3 is 14.9 Å². The summed E-state index contributed by atoms with van der Waals surface area (Å²) < 4.78 is 4.90. The maximum absolute atomic E-state index is 11.6. The zero-order valence-electron chi connectivity index (χ0n) is 9.31. The van der Waals surface area contributed by atoms with Crippen LogP contribution in [0.15, 0.2) is 5.10 Å². The van der Waals surface area contributed by atoms with Crippen LogP contribution in [-0.2, 0) is 9.53 Å². The van der Waals surface area contributed by atoms with Crippen molar-refractivity contribution in [2.24, 2.45) is 5.10 Å². The largest absolute Gasteiger partial charge is 0.476 e. The molecule has 0 unspecified atom stereocenters. The van der Waals surface area contributed by atoms with E-state index in [4.69, 9.17) is 4.74 Å². The number of rotatable bonds is 1. The minimum atomic E-state index is -2.64. The molecule has 0 aromatic carbocycles. The van der Waals surface area contributed by atoms with Crippen LogP contribution < -0.4 is 0 Å². The summed E-state index contributed by atoms with van der Waals surface area (Å²) >= 11 is 0. The Balaban J connectivity index is 3.03. The van der Waals surface area contributed by atoms with Gasteiger partial charge in [0.15, 0.2) is 0 Å². The van der Waals surface area contributed by atoms with Gasteiger partial charge in [0.1, 0.15) is 0 Å². The van der Waals surface area contributed by atoms with Gasteiger partial charge in [0.2, 0.25) is 0 Å². The molecule has 15 heavy (non-hydrogen) atoms. The van der Waals surface area contributed by atoms with Crippen molar-refractivity contribution in [2.45, 2.75) is 39.0 Å². The van der Waals surface area contributed by atoms with Crippen molar-refractivity contribution in [3.8, 4) is 0 Å². The van der Waals surface area contributed by atoms with E-state index in [9.17, 15) is 15.0 Å². The van der Waals surface area contributed by atoms with Crippen molar-refractivity contribution in [3.05, 3.63) is 0 Å². The minimum Gasteiger partial charge on any atom is -0.476 e. The first-order chi connectivity index (χ1) is 6.71. The molecule has 0 aliphatic carbocycles. The van der Waals surface area contributed by atoms with Crippen LogP contribution in [0.2, 0.25) is 0 Å². The third-order valence-corrected chi connectivity index (χ3v) is 1.90. The molecule has 0 atom stereocenters. The van der Waals surface area contributed by atoms with E-state index < -0.39 is 17.2 Å². The zero-order valence-corrected chi connectivity index (χ0v) is 9.31. The molecule has 6 nitrogen and oxygen atoms in total. The van der Waals surface area contributed by atoms with E-state index in [1.165, 1.54) is 0 Å². The zero-order chi connectivity index (χ0) is 11.9. The van der Waals surface area contributed by atoms with E-state index in [1.54, 1.807) is 27.7 Å². The number of hydrogen-bond donors (Lipinski definition) is 2. The first kappa shape index (κ1) is 11.9. The maximum Gasteiger partial charge on any atom is 0.327 e. The fourth-order valence-corrected chi connectivity index (χ4v) is 1.17. The Labute approximate surface area is 88.1 Å². The number of hydrazone groups is 1. The van der Waals surface area contributed by atoms with Crippen molar-refractivity contribution >= 4 is 11.8 Å². The van der Waals surface area contributed by atoms with Crippen molar-refractivity contribution < 1.29 is 19.7 Å². The minimum absolute atomic E-state index is 0.215. The number of hydrogen-bond acceptors (Lipinski definition) is 5. The van der Waals surface area contributed by atoms with Crippen molar-refractivity contribution in [1.82, 2.24) is 5.01 Å². The van der Waals surface area contributed by atoms with E-state index in [0.717, 1.165) is 5.01 Å². The molecule has 86 valence electrons. The van der Waals surface area contributed by atoms with Crippen LogP contribution in [0.5, 0.6) is 0 Å². The SMILES string of the molecule is CCOC1=NN(C(C)(C)C)C(=O)C1(O)O. The number of nitrogens with zero attached hydrogens (tertiary/aromatic N) is 2. The third kappa shape index (κ3) is 1.95. The van der Waals surface area contributed by atoms with Crippen LogP contribution in [0.1, 0.15) is 27.7 Å². The van der Waals surface area contributed by atoms with E-state index in [-0.39, 0.29) is 12.5 Å². The standard InChI is InChI=1S/C9H16N2O4/c1-5-15-6-9(13,14)7(12)11(10-6)8(2,3)4/h13-14H,5H2,1-4H3. The molecule has 2 N–H and O–H groups in total. The molecule has 0 saturated heterocycles. The van der Waals surface area contributed by atoms with Gasteiger partial charge in [-0.2, -0.15) is 0 Å².